The van der Waals surface area contributed by atoms with E-state index in [4.69, 9.17) is 9.84 Å². The Morgan fingerprint density at radius 2 is 2.21 bits per heavy atom. The monoisotopic (exact) mass is 289 g/mol. The molecule has 4 atom stereocenters. The quantitative estimate of drug-likeness (QED) is 0.616. The van der Waals surface area contributed by atoms with Crippen LogP contribution in [0.5, 0.6) is 0 Å². The van der Waals surface area contributed by atoms with E-state index in [-0.39, 0.29) is 16.8 Å². The van der Waals surface area contributed by atoms with E-state index in [1.165, 1.54) is 13.1 Å². The van der Waals surface area contributed by atoms with Gasteiger partial charge in [0.05, 0.1) is 6.61 Å². The standard InChI is InChI=1S/C11H15NO6S/c1-5(14)6-2-12(11(17)19-4-6)10-9(16)8(15)7(3-13)18-10/h2,7-10,13,15-16H,3-4H2,1H3. The second-order valence-electron chi connectivity index (χ2n) is 4.40. The minimum Gasteiger partial charge on any atom is -0.394 e. The number of aliphatic hydroxyl groups excluding tert-OH is 3. The molecule has 2 aliphatic heterocycles. The number of nitrogens with zero attached hydrogens (tertiary/aromatic N) is 1. The van der Waals surface area contributed by atoms with Crippen LogP contribution in [0, 0.1) is 0 Å². The van der Waals surface area contributed by atoms with E-state index in [0.29, 0.717) is 5.57 Å². The normalized spacial score (nSPS) is 35.5. The Bertz CT molecular complexity index is 425. The van der Waals surface area contributed by atoms with Gasteiger partial charge in [0.2, 0.25) is 0 Å². The number of carbonyl (C=O) groups excluding carboxylic acids is 2. The van der Waals surface area contributed by atoms with Crippen LogP contribution in [0.2, 0.25) is 0 Å². The molecule has 1 fully saturated rings. The van der Waals surface area contributed by atoms with Crippen LogP contribution >= 0.6 is 11.8 Å². The lowest BCUT2D eigenvalue weighted by Gasteiger charge is -2.30. The molecule has 1 amide bonds. The summed E-state index contributed by atoms with van der Waals surface area (Å²) in [5.41, 5.74) is 0.433. The first-order valence-electron chi connectivity index (χ1n) is 5.75. The van der Waals surface area contributed by atoms with E-state index in [0.717, 1.165) is 16.7 Å². The van der Waals surface area contributed by atoms with Crippen LogP contribution in [-0.2, 0) is 9.53 Å². The fourth-order valence-corrected chi connectivity index (χ4v) is 2.81. The number of amides is 1. The molecule has 0 saturated carbocycles. The summed E-state index contributed by atoms with van der Waals surface area (Å²) in [5, 5.41) is 28.1. The Morgan fingerprint density at radius 1 is 1.53 bits per heavy atom. The molecule has 3 N–H and O–H groups in total. The molecule has 19 heavy (non-hydrogen) atoms. The summed E-state index contributed by atoms with van der Waals surface area (Å²) < 4.78 is 5.26. The van der Waals surface area contributed by atoms with Crippen LogP contribution in [0.3, 0.4) is 0 Å². The van der Waals surface area contributed by atoms with Gasteiger partial charge in [-0.25, -0.2) is 0 Å². The van der Waals surface area contributed by atoms with Gasteiger partial charge in [-0.3, -0.25) is 14.5 Å². The Morgan fingerprint density at radius 3 is 2.74 bits per heavy atom. The lowest BCUT2D eigenvalue weighted by molar-refractivity contribution is -0.113. The fraction of sp³-hybridized carbons (Fsp3) is 0.636. The van der Waals surface area contributed by atoms with Crippen molar-refractivity contribution in [3.63, 3.8) is 0 Å². The van der Waals surface area contributed by atoms with Crippen molar-refractivity contribution in [1.82, 2.24) is 4.90 Å². The molecule has 0 radical (unpaired) electrons. The summed E-state index contributed by atoms with van der Waals surface area (Å²) in [6.07, 6.45) is -3.31. The van der Waals surface area contributed by atoms with Crippen molar-refractivity contribution < 1.29 is 29.6 Å². The van der Waals surface area contributed by atoms with Crippen molar-refractivity contribution >= 4 is 22.8 Å². The van der Waals surface area contributed by atoms with Gasteiger partial charge in [0.25, 0.3) is 5.24 Å². The van der Waals surface area contributed by atoms with Gasteiger partial charge in [-0.1, -0.05) is 11.8 Å². The third-order valence-corrected chi connectivity index (χ3v) is 4.01. The number of hydrogen-bond donors (Lipinski definition) is 3. The minimum atomic E-state index is -1.33. The molecule has 106 valence electrons. The summed E-state index contributed by atoms with van der Waals surface area (Å²) in [4.78, 5) is 24.2. The van der Waals surface area contributed by atoms with E-state index in [9.17, 15) is 19.8 Å². The lowest BCUT2D eigenvalue weighted by Crippen LogP contribution is -2.44. The maximum absolute atomic E-state index is 11.8. The average Bonchev–Trinajstić information content (AvgIpc) is 2.66. The van der Waals surface area contributed by atoms with E-state index in [2.05, 4.69) is 0 Å². The predicted octanol–water partition coefficient (Wildman–Crippen LogP) is -0.933. The lowest BCUT2D eigenvalue weighted by atomic mass is 10.1. The van der Waals surface area contributed by atoms with E-state index in [1.807, 2.05) is 0 Å². The van der Waals surface area contributed by atoms with E-state index < -0.39 is 31.1 Å². The summed E-state index contributed by atoms with van der Waals surface area (Å²) in [7, 11) is 0. The highest BCUT2D eigenvalue weighted by Crippen LogP contribution is 2.30. The first-order valence-corrected chi connectivity index (χ1v) is 6.73. The molecule has 1 saturated heterocycles. The first-order chi connectivity index (χ1) is 8.95. The highest BCUT2D eigenvalue weighted by Gasteiger charge is 2.47. The average molecular weight is 289 g/mol. The van der Waals surface area contributed by atoms with Crippen LogP contribution in [0.1, 0.15) is 6.92 Å². The molecule has 8 heteroatoms. The highest BCUT2D eigenvalue weighted by atomic mass is 32.2. The molecule has 0 aliphatic carbocycles. The van der Waals surface area contributed by atoms with Gasteiger partial charge in [-0.2, -0.15) is 0 Å². The second-order valence-corrected chi connectivity index (χ2v) is 5.33. The molecular weight excluding hydrogens is 274 g/mol. The molecule has 0 aromatic heterocycles. The topological polar surface area (TPSA) is 107 Å². The zero-order chi connectivity index (χ0) is 14.2. The molecule has 7 nitrogen and oxygen atoms in total. The molecule has 0 spiro atoms. The molecular formula is C11H15NO6S. The number of carbonyl (C=O) groups is 2. The summed E-state index contributed by atoms with van der Waals surface area (Å²) in [6, 6.07) is 0. The molecule has 2 heterocycles. The van der Waals surface area contributed by atoms with Crippen LogP contribution in [0.4, 0.5) is 4.79 Å². The van der Waals surface area contributed by atoms with Gasteiger partial charge in [-0.05, 0) is 6.92 Å². The summed E-state index contributed by atoms with van der Waals surface area (Å²) in [6.45, 7) is 0.921. The van der Waals surface area contributed by atoms with Crippen LogP contribution in [0.25, 0.3) is 0 Å². The Balaban J connectivity index is 2.22. The van der Waals surface area contributed by atoms with Gasteiger partial charge in [0, 0.05) is 17.5 Å². The van der Waals surface area contributed by atoms with Crippen molar-refractivity contribution in [3.8, 4) is 0 Å². The summed E-state index contributed by atoms with van der Waals surface area (Å²) in [5.74, 6) is 0.108. The zero-order valence-electron chi connectivity index (χ0n) is 10.2. The first kappa shape index (κ1) is 14.5. The molecule has 4 unspecified atom stereocenters. The number of thioether (sulfide) groups is 1. The third-order valence-electron chi connectivity index (χ3n) is 3.10. The third kappa shape index (κ3) is 2.67. The number of Topliss-reactive ketones (excluding diaryl/α,β-unsaturated/α-hetero) is 1. The Hall–Kier alpha value is -0.930. The molecule has 2 rings (SSSR count). The number of ketones is 1. The zero-order valence-corrected chi connectivity index (χ0v) is 11.0. The number of ether oxygens (including phenoxy) is 1. The SMILES string of the molecule is CC(=O)C1=CN(C2OC(CO)C(O)C2O)C(=O)SC1. The van der Waals surface area contributed by atoms with Gasteiger partial charge >= 0.3 is 0 Å². The number of aliphatic hydroxyl groups is 3. The van der Waals surface area contributed by atoms with Crippen molar-refractivity contribution in [2.45, 2.75) is 31.5 Å². The molecule has 0 bridgehead atoms. The van der Waals surface area contributed by atoms with Gasteiger partial charge in [0.1, 0.15) is 18.3 Å². The Kier molecular flexibility index (Phi) is 4.26. The minimum absolute atomic E-state index is 0.170. The largest absolute Gasteiger partial charge is 0.394 e. The van der Waals surface area contributed by atoms with Gasteiger partial charge in [-0.15, -0.1) is 0 Å². The number of hydrogen-bond acceptors (Lipinski definition) is 7. The maximum atomic E-state index is 11.8. The smallest absolute Gasteiger partial charge is 0.288 e. The van der Waals surface area contributed by atoms with Crippen molar-refractivity contribution in [3.05, 3.63) is 11.8 Å². The summed E-state index contributed by atoms with van der Waals surface area (Å²) >= 11 is 0.924. The van der Waals surface area contributed by atoms with Crippen LogP contribution < -0.4 is 0 Å². The van der Waals surface area contributed by atoms with Crippen LogP contribution in [-0.4, -0.2) is 68.1 Å². The van der Waals surface area contributed by atoms with Gasteiger partial charge in [0.15, 0.2) is 12.0 Å². The van der Waals surface area contributed by atoms with Crippen molar-refractivity contribution in [2.75, 3.05) is 12.4 Å². The van der Waals surface area contributed by atoms with E-state index >= 15 is 0 Å². The maximum Gasteiger partial charge on any atom is 0.288 e. The van der Waals surface area contributed by atoms with E-state index in [1.54, 1.807) is 0 Å². The fourth-order valence-electron chi connectivity index (χ4n) is 1.95. The molecule has 2 aliphatic rings. The molecule has 0 aromatic rings. The van der Waals surface area contributed by atoms with Crippen LogP contribution in [0.15, 0.2) is 11.8 Å². The van der Waals surface area contributed by atoms with Crippen molar-refractivity contribution in [1.29, 1.82) is 0 Å². The second kappa shape index (κ2) is 5.59. The number of rotatable bonds is 3. The van der Waals surface area contributed by atoms with Crippen molar-refractivity contribution in [2.24, 2.45) is 0 Å². The predicted molar refractivity (Wildman–Crippen MR) is 66.2 cm³/mol. The highest BCUT2D eigenvalue weighted by molar-refractivity contribution is 8.13. The molecule has 0 aromatic carbocycles. The van der Waals surface area contributed by atoms with Gasteiger partial charge < -0.3 is 20.1 Å². The Labute approximate surface area is 113 Å².